The van der Waals surface area contributed by atoms with Crippen molar-refractivity contribution in [3.63, 3.8) is 0 Å². The van der Waals surface area contributed by atoms with Crippen molar-refractivity contribution in [1.29, 1.82) is 0 Å². The van der Waals surface area contributed by atoms with Gasteiger partial charge in [-0.1, -0.05) is 0 Å². The second-order valence-corrected chi connectivity index (χ2v) is 3.01. The van der Waals surface area contributed by atoms with Crippen LogP contribution in [0.4, 0.5) is 0 Å². The maximum Gasteiger partial charge on any atom is 0.371 e. The number of hydrogen-bond donors (Lipinski definition) is 1. The van der Waals surface area contributed by atoms with Crippen LogP contribution in [0.1, 0.15) is 10.6 Å². The molecule has 2 heterocycles. The molecule has 2 aromatic heterocycles. The third-order valence-electron chi connectivity index (χ3n) is 1.35. The van der Waals surface area contributed by atoms with E-state index in [1.807, 2.05) is 5.38 Å². The number of rotatable bonds is 1. The van der Waals surface area contributed by atoms with E-state index in [4.69, 9.17) is 9.52 Å². The lowest BCUT2D eigenvalue weighted by Gasteiger charge is -1.80. The second-order valence-electron chi connectivity index (χ2n) is 2.06. The summed E-state index contributed by atoms with van der Waals surface area (Å²) in [5, 5.41) is 10.4. The number of furan rings is 1. The lowest BCUT2D eigenvalue weighted by atomic mass is 10.4. The van der Waals surface area contributed by atoms with Crippen LogP contribution in [0, 0.1) is 0 Å². The van der Waals surface area contributed by atoms with Crippen LogP contribution in [0.15, 0.2) is 21.9 Å². The van der Waals surface area contributed by atoms with Crippen LogP contribution in [0.25, 0.3) is 10.3 Å². The minimum atomic E-state index is -1.02. The Labute approximate surface area is 65.9 Å². The molecule has 0 atom stereocenters. The third kappa shape index (κ3) is 0.914. The van der Waals surface area contributed by atoms with E-state index in [2.05, 4.69) is 0 Å². The van der Waals surface area contributed by atoms with Crippen LogP contribution in [-0.2, 0) is 0 Å². The lowest BCUT2D eigenvalue weighted by molar-refractivity contribution is 0.0665. The van der Waals surface area contributed by atoms with Gasteiger partial charge in [0.15, 0.2) is 0 Å². The van der Waals surface area contributed by atoms with Crippen LogP contribution in [0.5, 0.6) is 0 Å². The molecule has 0 saturated carbocycles. The van der Waals surface area contributed by atoms with E-state index in [0.717, 1.165) is 4.70 Å². The average molecular weight is 168 g/mol. The van der Waals surface area contributed by atoms with Gasteiger partial charge in [-0.3, -0.25) is 0 Å². The molecule has 0 aliphatic rings. The van der Waals surface area contributed by atoms with Gasteiger partial charge in [0.05, 0.1) is 4.70 Å². The quantitative estimate of drug-likeness (QED) is 0.710. The number of thiophene rings is 1. The molecule has 56 valence electrons. The second kappa shape index (κ2) is 2.10. The van der Waals surface area contributed by atoms with Crippen molar-refractivity contribution < 1.29 is 14.3 Å². The normalized spacial score (nSPS) is 10.5. The first-order valence-electron chi connectivity index (χ1n) is 2.98. The highest BCUT2D eigenvalue weighted by Crippen LogP contribution is 2.24. The summed E-state index contributed by atoms with van der Waals surface area (Å²) in [6.07, 6.45) is 0. The molecule has 0 unspecified atom stereocenters. The summed E-state index contributed by atoms with van der Waals surface area (Å²) < 4.78 is 5.86. The van der Waals surface area contributed by atoms with E-state index in [0.29, 0.717) is 5.58 Å². The van der Waals surface area contributed by atoms with Crippen molar-refractivity contribution in [3.05, 3.63) is 23.3 Å². The predicted molar refractivity (Wildman–Crippen MR) is 41.1 cm³/mol. The van der Waals surface area contributed by atoms with Gasteiger partial charge in [-0.2, -0.15) is 0 Å². The van der Waals surface area contributed by atoms with E-state index in [1.54, 1.807) is 6.07 Å². The fraction of sp³-hybridized carbons (Fsp3) is 0. The van der Waals surface area contributed by atoms with Gasteiger partial charge >= 0.3 is 5.97 Å². The highest BCUT2D eigenvalue weighted by Gasteiger charge is 2.09. The number of aromatic carboxylic acids is 1. The third-order valence-corrected chi connectivity index (χ3v) is 2.20. The molecule has 11 heavy (non-hydrogen) atoms. The van der Waals surface area contributed by atoms with Gasteiger partial charge in [0.25, 0.3) is 0 Å². The molecule has 0 aliphatic heterocycles. The molecule has 0 fully saturated rings. The van der Waals surface area contributed by atoms with Crippen molar-refractivity contribution in [2.45, 2.75) is 0 Å². The molecule has 0 saturated heterocycles. The van der Waals surface area contributed by atoms with E-state index >= 15 is 0 Å². The molecule has 2 aromatic rings. The summed E-state index contributed by atoms with van der Waals surface area (Å²) in [4.78, 5) is 10.4. The molecule has 0 radical (unpaired) electrons. The van der Waals surface area contributed by atoms with Gasteiger partial charge in [-0.15, -0.1) is 11.3 Å². The summed E-state index contributed by atoms with van der Waals surface area (Å²) >= 11 is 1.47. The minimum Gasteiger partial charge on any atom is -0.475 e. The van der Waals surface area contributed by atoms with Crippen LogP contribution >= 0.6 is 11.3 Å². The topological polar surface area (TPSA) is 50.4 Å². The summed E-state index contributed by atoms with van der Waals surface area (Å²) in [5.74, 6) is -1.01. The molecule has 2 rings (SSSR count). The van der Waals surface area contributed by atoms with Crippen molar-refractivity contribution in [2.75, 3.05) is 0 Å². The SMILES string of the molecule is O=C(O)c1cc2sccc2o1. The highest BCUT2D eigenvalue weighted by molar-refractivity contribution is 7.17. The molecule has 3 nitrogen and oxygen atoms in total. The number of hydrogen-bond acceptors (Lipinski definition) is 3. The minimum absolute atomic E-state index is 0.00634. The number of carboxylic acids is 1. The zero-order valence-corrected chi connectivity index (χ0v) is 6.22. The lowest BCUT2D eigenvalue weighted by Crippen LogP contribution is -1.91. The van der Waals surface area contributed by atoms with Gasteiger partial charge in [0.1, 0.15) is 5.58 Å². The van der Waals surface area contributed by atoms with Crippen LogP contribution in [0.3, 0.4) is 0 Å². The maximum absolute atomic E-state index is 10.4. The maximum atomic E-state index is 10.4. The summed E-state index contributed by atoms with van der Waals surface area (Å²) in [7, 11) is 0. The standard InChI is InChI=1S/C7H4O3S/c8-7(9)5-3-6-4(10-5)1-2-11-6/h1-3H,(H,8,9). The fourth-order valence-electron chi connectivity index (χ4n) is 0.871. The summed E-state index contributed by atoms with van der Waals surface area (Å²) in [5.41, 5.74) is 0.646. The van der Waals surface area contributed by atoms with Crippen molar-refractivity contribution >= 4 is 27.6 Å². The fourth-order valence-corrected chi connectivity index (χ4v) is 1.61. The highest BCUT2D eigenvalue weighted by atomic mass is 32.1. The molecule has 0 spiro atoms. The van der Waals surface area contributed by atoms with Crippen LogP contribution in [-0.4, -0.2) is 11.1 Å². The van der Waals surface area contributed by atoms with E-state index in [9.17, 15) is 4.79 Å². The van der Waals surface area contributed by atoms with Crippen LogP contribution < -0.4 is 0 Å². The largest absolute Gasteiger partial charge is 0.475 e. The Kier molecular flexibility index (Phi) is 1.22. The first-order chi connectivity index (χ1) is 5.27. The molecule has 1 N–H and O–H groups in total. The first-order valence-corrected chi connectivity index (χ1v) is 3.85. The van der Waals surface area contributed by atoms with Gasteiger partial charge < -0.3 is 9.52 Å². The van der Waals surface area contributed by atoms with Crippen molar-refractivity contribution in [1.82, 2.24) is 0 Å². The molecule has 0 aliphatic carbocycles. The average Bonchev–Trinajstić information content (AvgIpc) is 2.40. The molecular formula is C7H4O3S. The Balaban J connectivity index is 2.67. The van der Waals surface area contributed by atoms with E-state index < -0.39 is 5.97 Å². The van der Waals surface area contributed by atoms with Crippen molar-refractivity contribution in [3.8, 4) is 0 Å². The molecule has 4 heteroatoms. The monoisotopic (exact) mass is 168 g/mol. The Bertz CT molecular complexity index is 370. The van der Waals surface area contributed by atoms with E-state index in [1.165, 1.54) is 17.4 Å². The van der Waals surface area contributed by atoms with Gasteiger partial charge in [0.2, 0.25) is 5.76 Å². The van der Waals surface area contributed by atoms with Gasteiger partial charge in [0, 0.05) is 6.07 Å². The number of fused-ring (bicyclic) bond motifs is 1. The smallest absolute Gasteiger partial charge is 0.371 e. The summed E-state index contributed by atoms with van der Waals surface area (Å²) in [6, 6.07) is 3.29. The van der Waals surface area contributed by atoms with Gasteiger partial charge in [-0.05, 0) is 11.4 Å². The Morgan fingerprint density at radius 1 is 1.64 bits per heavy atom. The zero-order valence-electron chi connectivity index (χ0n) is 5.40. The van der Waals surface area contributed by atoms with Crippen molar-refractivity contribution in [2.24, 2.45) is 0 Å². The van der Waals surface area contributed by atoms with E-state index in [-0.39, 0.29) is 5.76 Å². The summed E-state index contributed by atoms with van der Waals surface area (Å²) in [6.45, 7) is 0. The van der Waals surface area contributed by atoms with Gasteiger partial charge in [-0.25, -0.2) is 4.79 Å². The molecule has 0 amide bonds. The first kappa shape index (κ1) is 6.42. The van der Waals surface area contributed by atoms with Crippen LogP contribution in [0.2, 0.25) is 0 Å². The molecule has 0 aromatic carbocycles. The zero-order chi connectivity index (χ0) is 7.84. The Morgan fingerprint density at radius 3 is 3.09 bits per heavy atom. The molecular weight excluding hydrogens is 164 g/mol. The molecule has 0 bridgehead atoms. The number of carboxylic acid groups (broad SMARTS) is 1. The predicted octanol–water partition coefficient (Wildman–Crippen LogP) is 2.19. The Morgan fingerprint density at radius 2 is 2.45 bits per heavy atom. The number of carbonyl (C=O) groups is 1. The Hall–Kier alpha value is -1.29.